The molecule has 0 aromatic heterocycles. The first-order valence-electron chi connectivity index (χ1n) is 12.2. The SMILES string of the molecule is CC[C@H](C)OC(=O)C1=C(C)NC2=C(C(=O)C[C@H](c3ccc(OC)c(OC)c3)C2)[C@@H]1c1ccc(O)cc1. The minimum absolute atomic E-state index is 0.0250. The maximum Gasteiger partial charge on any atom is 0.337 e. The summed E-state index contributed by atoms with van der Waals surface area (Å²) in [6.07, 6.45) is 1.35. The van der Waals surface area contributed by atoms with Gasteiger partial charge in [0, 0.05) is 29.3 Å². The summed E-state index contributed by atoms with van der Waals surface area (Å²) in [7, 11) is 3.18. The van der Waals surface area contributed by atoms with Gasteiger partial charge in [-0.1, -0.05) is 25.1 Å². The quantitative estimate of drug-likeness (QED) is 0.520. The molecule has 7 nitrogen and oxygen atoms in total. The van der Waals surface area contributed by atoms with Crippen LogP contribution >= 0.6 is 0 Å². The minimum Gasteiger partial charge on any atom is -0.508 e. The zero-order chi connectivity index (χ0) is 26.0. The van der Waals surface area contributed by atoms with E-state index in [1.807, 2.05) is 39.0 Å². The van der Waals surface area contributed by atoms with Crippen molar-refractivity contribution < 1.29 is 28.9 Å². The van der Waals surface area contributed by atoms with E-state index in [1.54, 1.807) is 38.5 Å². The van der Waals surface area contributed by atoms with Crippen molar-refractivity contribution in [1.29, 1.82) is 0 Å². The third kappa shape index (κ3) is 4.83. The summed E-state index contributed by atoms with van der Waals surface area (Å²) < 4.78 is 16.5. The molecule has 1 aliphatic carbocycles. The molecule has 2 N–H and O–H groups in total. The fourth-order valence-corrected chi connectivity index (χ4v) is 4.98. The van der Waals surface area contributed by atoms with Crippen LogP contribution in [0.15, 0.2) is 65.0 Å². The smallest absolute Gasteiger partial charge is 0.337 e. The van der Waals surface area contributed by atoms with Gasteiger partial charge in [0.1, 0.15) is 5.75 Å². The maximum absolute atomic E-state index is 13.7. The van der Waals surface area contributed by atoms with E-state index in [0.717, 1.165) is 16.8 Å². The Balaban J connectivity index is 1.76. The van der Waals surface area contributed by atoms with Crippen molar-refractivity contribution >= 4 is 11.8 Å². The Morgan fingerprint density at radius 3 is 2.36 bits per heavy atom. The van der Waals surface area contributed by atoms with Crippen LogP contribution in [0.4, 0.5) is 0 Å². The fraction of sp³-hybridized carbons (Fsp3) is 0.379. The molecular weight excluding hydrogens is 458 g/mol. The maximum atomic E-state index is 13.7. The molecule has 0 amide bonds. The van der Waals surface area contributed by atoms with Crippen LogP contribution < -0.4 is 14.8 Å². The van der Waals surface area contributed by atoms with Crippen LogP contribution in [0.1, 0.15) is 63.0 Å². The van der Waals surface area contributed by atoms with Crippen molar-refractivity contribution in [3.05, 3.63) is 76.1 Å². The van der Waals surface area contributed by atoms with Crippen LogP contribution in [0.25, 0.3) is 0 Å². The molecule has 0 unspecified atom stereocenters. The van der Waals surface area contributed by atoms with Crippen LogP contribution in [0, 0.1) is 0 Å². The minimum atomic E-state index is -0.572. The molecule has 7 heteroatoms. The van der Waals surface area contributed by atoms with Crippen LogP contribution in [0.5, 0.6) is 17.2 Å². The van der Waals surface area contributed by atoms with E-state index in [2.05, 4.69) is 5.32 Å². The molecule has 0 fully saturated rings. The summed E-state index contributed by atoms with van der Waals surface area (Å²) in [6, 6.07) is 12.4. The Bertz CT molecular complexity index is 1230. The Labute approximate surface area is 211 Å². The highest BCUT2D eigenvalue weighted by atomic mass is 16.5. The third-order valence-corrected chi connectivity index (χ3v) is 7.04. The van der Waals surface area contributed by atoms with E-state index in [0.29, 0.717) is 47.6 Å². The lowest BCUT2D eigenvalue weighted by Gasteiger charge is -2.37. The molecule has 2 aromatic rings. The average Bonchev–Trinajstić information content (AvgIpc) is 2.87. The summed E-state index contributed by atoms with van der Waals surface area (Å²) in [5, 5.41) is 13.2. The topological polar surface area (TPSA) is 94.1 Å². The molecule has 1 heterocycles. The first-order chi connectivity index (χ1) is 17.3. The molecule has 3 atom stereocenters. The number of ketones is 1. The van der Waals surface area contributed by atoms with Gasteiger partial charge in [-0.25, -0.2) is 4.79 Å². The summed E-state index contributed by atoms with van der Waals surface area (Å²) in [4.78, 5) is 27.0. The standard InChI is InChI=1S/C29H33NO6/c1-6-16(2)36-29(33)26-17(3)30-22-13-20(19-9-12-24(34-4)25(15-19)35-5)14-23(32)28(22)27(26)18-7-10-21(31)11-8-18/h7-12,15-16,20,27,30-31H,6,13-14H2,1-5H3/t16-,20+,27+/m0/s1. The van der Waals surface area contributed by atoms with Crippen LogP contribution in [-0.4, -0.2) is 37.2 Å². The van der Waals surface area contributed by atoms with Gasteiger partial charge in [0.2, 0.25) is 0 Å². The molecule has 2 aromatic carbocycles. The van der Waals surface area contributed by atoms with Gasteiger partial charge in [0.25, 0.3) is 0 Å². The fourth-order valence-electron chi connectivity index (χ4n) is 4.98. The number of phenolic OH excluding ortho intramolecular Hbond substituents is 1. The van der Waals surface area contributed by atoms with Crippen LogP contribution in [0.2, 0.25) is 0 Å². The molecule has 36 heavy (non-hydrogen) atoms. The molecule has 0 bridgehead atoms. The second-order valence-corrected chi connectivity index (χ2v) is 9.35. The van der Waals surface area contributed by atoms with Crippen molar-refractivity contribution in [2.24, 2.45) is 0 Å². The number of ether oxygens (including phenoxy) is 3. The summed E-state index contributed by atoms with van der Waals surface area (Å²) >= 11 is 0. The monoisotopic (exact) mass is 491 g/mol. The molecule has 0 radical (unpaired) electrons. The number of hydrogen-bond acceptors (Lipinski definition) is 7. The molecule has 0 spiro atoms. The van der Waals surface area contributed by atoms with Crippen molar-refractivity contribution in [1.82, 2.24) is 5.32 Å². The summed E-state index contributed by atoms with van der Waals surface area (Å²) in [5.41, 5.74) is 4.23. The molecule has 190 valence electrons. The van der Waals surface area contributed by atoms with Crippen molar-refractivity contribution in [3.63, 3.8) is 0 Å². The molecule has 0 saturated carbocycles. The molecule has 0 saturated heterocycles. The number of phenols is 1. The Morgan fingerprint density at radius 2 is 1.72 bits per heavy atom. The zero-order valence-corrected chi connectivity index (χ0v) is 21.4. The van der Waals surface area contributed by atoms with Crippen LogP contribution in [-0.2, 0) is 14.3 Å². The number of allylic oxidation sites excluding steroid dienone is 3. The number of esters is 1. The molecule has 1 aliphatic heterocycles. The lowest BCUT2D eigenvalue weighted by Crippen LogP contribution is -2.36. The van der Waals surface area contributed by atoms with E-state index in [4.69, 9.17) is 14.2 Å². The van der Waals surface area contributed by atoms with Gasteiger partial charge in [-0.05, 0) is 68.0 Å². The number of rotatable bonds is 7. The number of dihydropyridines is 1. The normalized spacial score (nSPS) is 20.4. The number of carbonyl (C=O) groups is 2. The second kappa shape index (κ2) is 10.5. The van der Waals surface area contributed by atoms with E-state index >= 15 is 0 Å². The largest absolute Gasteiger partial charge is 0.508 e. The lowest BCUT2D eigenvalue weighted by atomic mass is 9.71. The van der Waals surface area contributed by atoms with Gasteiger partial charge in [-0.15, -0.1) is 0 Å². The van der Waals surface area contributed by atoms with Gasteiger partial charge in [-0.2, -0.15) is 0 Å². The van der Waals surface area contributed by atoms with Gasteiger partial charge >= 0.3 is 5.97 Å². The van der Waals surface area contributed by atoms with E-state index in [9.17, 15) is 14.7 Å². The Morgan fingerprint density at radius 1 is 1.06 bits per heavy atom. The number of Topliss-reactive ketones (excluding diaryl/α,β-unsaturated/α-hetero) is 1. The van der Waals surface area contributed by atoms with Gasteiger partial charge in [-0.3, -0.25) is 4.79 Å². The number of hydrogen-bond donors (Lipinski definition) is 2. The van der Waals surface area contributed by atoms with Crippen molar-refractivity contribution in [2.75, 3.05) is 14.2 Å². The molecule has 2 aliphatic rings. The number of nitrogens with one attached hydrogen (secondary N) is 1. The Kier molecular flexibility index (Phi) is 7.38. The molecular formula is C29H33NO6. The zero-order valence-electron chi connectivity index (χ0n) is 21.4. The third-order valence-electron chi connectivity index (χ3n) is 7.04. The summed E-state index contributed by atoms with van der Waals surface area (Å²) in [5.74, 6) is 0.288. The summed E-state index contributed by atoms with van der Waals surface area (Å²) in [6.45, 7) is 5.65. The highest BCUT2D eigenvalue weighted by Crippen LogP contribution is 2.46. The number of carbonyl (C=O) groups excluding carboxylic acids is 2. The lowest BCUT2D eigenvalue weighted by molar-refractivity contribution is -0.144. The van der Waals surface area contributed by atoms with Gasteiger partial charge in [0.05, 0.1) is 25.9 Å². The van der Waals surface area contributed by atoms with Gasteiger partial charge in [0.15, 0.2) is 17.3 Å². The first kappa shape index (κ1) is 25.4. The Hall–Kier alpha value is -3.74. The number of aromatic hydroxyl groups is 1. The second-order valence-electron chi connectivity index (χ2n) is 9.35. The van der Waals surface area contributed by atoms with E-state index in [1.165, 1.54) is 0 Å². The van der Waals surface area contributed by atoms with Crippen LogP contribution in [0.3, 0.4) is 0 Å². The van der Waals surface area contributed by atoms with Crippen molar-refractivity contribution in [3.8, 4) is 17.2 Å². The predicted octanol–water partition coefficient (Wildman–Crippen LogP) is 5.11. The molecule has 4 rings (SSSR count). The highest BCUT2D eigenvalue weighted by molar-refractivity contribution is 6.04. The first-order valence-corrected chi connectivity index (χ1v) is 12.2. The van der Waals surface area contributed by atoms with Gasteiger partial charge < -0.3 is 24.6 Å². The number of methoxy groups -OCH3 is 2. The predicted molar refractivity (Wildman–Crippen MR) is 136 cm³/mol. The van der Waals surface area contributed by atoms with Crippen molar-refractivity contribution in [2.45, 2.75) is 58.0 Å². The highest BCUT2D eigenvalue weighted by Gasteiger charge is 2.41. The average molecular weight is 492 g/mol. The van der Waals surface area contributed by atoms with E-state index < -0.39 is 11.9 Å². The van der Waals surface area contributed by atoms with E-state index in [-0.39, 0.29) is 23.6 Å². The number of benzene rings is 2.